The van der Waals surface area contributed by atoms with E-state index in [2.05, 4.69) is 21.0 Å². The van der Waals surface area contributed by atoms with E-state index in [1.165, 1.54) is 0 Å². The third-order valence-electron chi connectivity index (χ3n) is 3.44. The van der Waals surface area contributed by atoms with Crippen molar-refractivity contribution in [2.75, 3.05) is 19.6 Å². The van der Waals surface area contributed by atoms with E-state index < -0.39 is 6.04 Å². The molecule has 2 rings (SSSR count). The van der Waals surface area contributed by atoms with Crippen LogP contribution in [0.15, 0.2) is 12.4 Å². The number of aryl methyl sites for hydroxylation is 1. The summed E-state index contributed by atoms with van der Waals surface area (Å²) in [4.78, 5) is 23.5. The maximum absolute atomic E-state index is 11.8. The lowest BCUT2D eigenvalue weighted by molar-refractivity contribution is -0.128. The zero-order valence-corrected chi connectivity index (χ0v) is 12.4. The van der Waals surface area contributed by atoms with Gasteiger partial charge in [0, 0.05) is 19.3 Å². The van der Waals surface area contributed by atoms with Gasteiger partial charge in [0.2, 0.25) is 11.8 Å². The van der Waals surface area contributed by atoms with Crippen molar-refractivity contribution in [1.29, 1.82) is 0 Å². The molecule has 1 fully saturated rings. The predicted molar refractivity (Wildman–Crippen MR) is 78.6 cm³/mol. The van der Waals surface area contributed by atoms with E-state index in [0.717, 1.165) is 18.4 Å². The molecule has 3 N–H and O–H groups in total. The molecule has 0 aliphatic carbocycles. The van der Waals surface area contributed by atoms with Crippen LogP contribution < -0.4 is 16.0 Å². The van der Waals surface area contributed by atoms with E-state index in [-0.39, 0.29) is 18.4 Å². The van der Waals surface area contributed by atoms with E-state index in [9.17, 15) is 9.59 Å². The number of hydrogen-bond acceptors (Lipinski definition) is 4. The van der Waals surface area contributed by atoms with Crippen LogP contribution in [-0.4, -0.2) is 47.3 Å². The first-order chi connectivity index (χ1) is 10.1. The maximum Gasteiger partial charge on any atom is 0.242 e. The summed E-state index contributed by atoms with van der Waals surface area (Å²) in [5, 5.41) is 12.8. The molecule has 1 aliphatic heterocycles. The van der Waals surface area contributed by atoms with Gasteiger partial charge in [-0.1, -0.05) is 0 Å². The third-order valence-corrected chi connectivity index (χ3v) is 3.44. The van der Waals surface area contributed by atoms with Gasteiger partial charge in [-0.2, -0.15) is 5.10 Å². The van der Waals surface area contributed by atoms with Gasteiger partial charge >= 0.3 is 0 Å². The van der Waals surface area contributed by atoms with E-state index in [4.69, 9.17) is 0 Å². The number of aromatic nitrogens is 2. The van der Waals surface area contributed by atoms with Crippen molar-refractivity contribution < 1.29 is 9.59 Å². The van der Waals surface area contributed by atoms with Crippen molar-refractivity contribution in [2.45, 2.75) is 38.8 Å². The third kappa shape index (κ3) is 5.18. The lowest BCUT2D eigenvalue weighted by Crippen LogP contribution is -2.48. The molecule has 2 amide bonds. The molecular formula is C14H23N5O2. The maximum atomic E-state index is 11.8. The highest BCUT2D eigenvalue weighted by atomic mass is 16.2. The molecule has 1 aromatic heterocycles. The fourth-order valence-corrected chi connectivity index (χ4v) is 2.31. The minimum atomic E-state index is -0.393. The van der Waals surface area contributed by atoms with E-state index >= 15 is 0 Å². The number of carbonyl (C=O) groups excluding carboxylic acids is 2. The minimum absolute atomic E-state index is 0.0760. The highest BCUT2D eigenvalue weighted by molar-refractivity contribution is 5.88. The van der Waals surface area contributed by atoms with Crippen molar-refractivity contribution in [3.05, 3.63) is 18.0 Å². The number of hydrogen-bond donors (Lipinski definition) is 3. The predicted octanol–water partition coefficient (Wildman–Crippen LogP) is -0.434. The van der Waals surface area contributed by atoms with Gasteiger partial charge in [0.15, 0.2) is 0 Å². The van der Waals surface area contributed by atoms with Gasteiger partial charge in [-0.3, -0.25) is 14.3 Å². The monoisotopic (exact) mass is 293 g/mol. The van der Waals surface area contributed by atoms with Crippen molar-refractivity contribution in [3.8, 4) is 0 Å². The van der Waals surface area contributed by atoms with Crippen LogP contribution in [-0.2, 0) is 16.1 Å². The standard InChI is InChI=1S/C14H23N5O2/c1-11-8-17-19(10-11)7-6-15-9-13(20)18-12-4-2-3-5-16-14(12)21/h8,10,12,15H,2-7,9H2,1H3,(H,16,21)(H,18,20). The minimum Gasteiger partial charge on any atom is -0.354 e. The highest BCUT2D eigenvalue weighted by Gasteiger charge is 2.21. The number of rotatable bonds is 6. The molecular weight excluding hydrogens is 270 g/mol. The quantitative estimate of drug-likeness (QED) is 0.621. The molecule has 0 aromatic carbocycles. The van der Waals surface area contributed by atoms with Crippen LogP contribution in [0, 0.1) is 6.92 Å². The molecule has 21 heavy (non-hydrogen) atoms. The lowest BCUT2D eigenvalue weighted by atomic mass is 10.1. The average Bonchev–Trinajstić information content (AvgIpc) is 2.76. The van der Waals surface area contributed by atoms with Crippen molar-refractivity contribution in [2.24, 2.45) is 0 Å². The van der Waals surface area contributed by atoms with E-state index in [1.54, 1.807) is 6.20 Å². The Hall–Kier alpha value is -1.89. The Morgan fingerprint density at radius 2 is 2.38 bits per heavy atom. The van der Waals surface area contributed by atoms with Gasteiger partial charge in [0.05, 0.1) is 19.3 Å². The summed E-state index contributed by atoms with van der Waals surface area (Å²) < 4.78 is 1.83. The molecule has 1 atom stereocenters. The number of nitrogens with zero attached hydrogens (tertiary/aromatic N) is 2. The Balaban J connectivity index is 1.63. The summed E-state index contributed by atoms with van der Waals surface area (Å²) in [7, 11) is 0. The molecule has 116 valence electrons. The Morgan fingerprint density at radius 3 is 3.14 bits per heavy atom. The zero-order valence-electron chi connectivity index (χ0n) is 12.4. The molecule has 1 aromatic rings. The van der Waals surface area contributed by atoms with Gasteiger partial charge in [0.1, 0.15) is 6.04 Å². The van der Waals surface area contributed by atoms with Gasteiger partial charge < -0.3 is 16.0 Å². The number of nitrogens with one attached hydrogen (secondary N) is 3. The fourth-order valence-electron chi connectivity index (χ4n) is 2.31. The SMILES string of the molecule is Cc1cnn(CCNCC(=O)NC2CCCCNC2=O)c1. The van der Waals surface area contributed by atoms with Crippen LogP contribution in [0.25, 0.3) is 0 Å². The summed E-state index contributed by atoms with van der Waals surface area (Å²) in [6.45, 7) is 4.27. The average molecular weight is 293 g/mol. The van der Waals surface area contributed by atoms with Gasteiger partial charge in [0.25, 0.3) is 0 Å². The van der Waals surface area contributed by atoms with Crippen LogP contribution in [0.4, 0.5) is 0 Å². The first-order valence-corrected chi connectivity index (χ1v) is 7.42. The van der Waals surface area contributed by atoms with Crippen LogP contribution in [0.1, 0.15) is 24.8 Å². The van der Waals surface area contributed by atoms with Crippen LogP contribution in [0.5, 0.6) is 0 Å². The molecule has 2 heterocycles. The summed E-state index contributed by atoms with van der Waals surface area (Å²) >= 11 is 0. The first-order valence-electron chi connectivity index (χ1n) is 7.42. The Kier molecular flexibility index (Phi) is 5.74. The lowest BCUT2D eigenvalue weighted by Gasteiger charge is -2.15. The second-order valence-corrected chi connectivity index (χ2v) is 5.36. The van der Waals surface area contributed by atoms with Crippen LogP contribution in [0.3, 0.4) is 0 Å². The summed E-state index contributed by atoms with van der Waals surface area (Å²) in [5.74, 6) is -0.221. The number of amides is 2. The molecule has 1 unspecified atom stereocenters. The molecule has 0 saturated carbocycles. The molecule has 1 saturated heterocycles. The molecule has 7 nitrogen and oxygen atoms in total. The van der Waals surface area contributed by atoms with Gasteiger partial charge in [-0.25, -0.2) is 0 Å². The molecule has 1 aliphatic rings. The topological polar surface area (TPSA) is 88.1 Å². The van der Waals surface area contributed by atoms with Crippen molar-refractivity contribution in [1.82, 2.24) is 25.7 Å². The van der Waals surface area contributed by atoms with Crippen molar-refractivity contribution >= 4 is 11.8 Å². The fraction of sp³-hybridized carbons (Fsp3) is 0.643. The Morgan fingerprint density at radius 1 is 1.52 bits per heavy atom. The summed E-state index contributed by atoms with van der Waals surface area (Å²) in [6.07, 6.45) is 6.40. The second-order valence-electron chi connectivity index (χ2n) is 5.36. The summed E-state index contributed by atoms with van der Waals surface area (Å²) in [5.41, 5.74) is 1.12. The normalized spacial score (nSPS) is 18.9. The smallest absolute Gasteiger partial charge is 0.242 e. The molecule has 0 bridgehead atoms. The van der Waals surface area contributed by atoms with Gasteiger partial charge in [-0.05, 0) is 31.7 Å². The molecule has 0 radical (unpaired) electrons. The highest BCUT2D eigenvalue weighted by Crippen LogP contribution is 2.04. The second kappa shape index (κ2) is 7.78. The molecule has 7 heteroatoms. The first kappa shape index (κ1) is 15.5. The van der Waals surface area contributed by atoms with E-state index in [0.29, 0.717) is 26.1 Å². The van der Waals surface area contributed by atoms with Crippen LogP contribution in [0.2, 0.25) is 0 Å². The zero-order chi connectivity index (χ0) is 15.1. The van der Waals surface area contributed by atoms with Gasteiger partial charge in [-0.15, -0.1) is 0 Å². The molecule has 0 spiro atoms. The Bertz CT molecular complexity index is 485. The summed E-state index contributed by atoms with van der Waals surface area (Å²) in [6, 6.07) is -0.393. The van der Waals surface area contributed by atoms with Crippen molar-refractivity contribution in [3.63, 3.8) is 0 Å². The Labute approximate surface area is 124 Å². The largest absolute Gasteiger partial charge is 0.354 e. The van der Waals surface area contributed by atoms with Crippen LogP contribution >= 0.6 is 0 Å². The van der Waals surface area contributed by atoms with E-state index in [1.807, 2.05) is 17.8 Å². The number of carbonyl (C=O) groups is 2.